The van der Waals surface area contributed by atoms with Crippen LogP contribution < -0.4 is 0 Å². The molecular weight excluding hydrogens is 264 g/mol. The normalized spacial score (nSPS) is 10.6. The van der Waals surface area contributed by atoms with Gasteiger partial charge < -0.3 is 0 Å². The lowest BCUT2D eigenvalue weighted by Gasteiger charge is -2.14. The smallest absolute Gasteiger partial charge is 0.00170 e. The molecule has 3 rings (SSSR count). The highest BCUT2D eigenvalue weighted by molar-refractivity contribution is 5.71. The Balaban J connectivity index is 2.06. The molecule has 0 nitrogen and oxygen atoms in total. The van der Waals surface area contributed by atoms with Gasteiger partial charge in [0.05, 0.1) is 0 Å². The van der Waals surface area contributed by atoms with Crippen LogP contribution in [0.25, 0.3) is 11.1 Å². The molecule has 3 aromatic rings. The quantitative estimate of drug-likeness (QED) is 0.567. The van der Waals surface area contributed by atoms with Crippen LogP contribution in [0.5, 0.6) is 0 Å². The molecule has 0 saturated heterocycles. The molecule has 0 aliphatic heterocycles. The Labute approximate surface area is 133 Å². The molecule has 0 spiro atoms. The fraction of sp³-hybridized carbons (Fsp3) is 0.182. The number of benzene rings is 3. The van der Waals surface area contributed by atoms with E-state index in [1.807, 2.05) is 0 Å². The van der Waals surface area contributed by atoms with Crippen LogP contribution in [0, 0.1) is 6.92 Å². The van der Waals surface area contributed by atoms with Gasteiger partial charge in [-0.15, -0.1) is 0 Å². The Bertz CT molecular complexity index is 768. The molecule has 0 amide bonds. The van der Waals surface area contributed by atoms with Crippen molar-refractivity contribution in [2.75, 3.05) is 0 Å². The number of rotatable bonds is 4. The molecule has 0 aliphatic rings. The molecule has 0 radical (unpaired) electrons. The van der Waals surface area contributed by atoms with Gasteiger partial charge in [-0.3, -0.25) is 0 Å². The van der Waals surface area contributed by atoms with E-state index >= 15 is 0 Å². The van der Waals surface area contributed by atoms with Gasteiger partial charge in [0.15, 0.2) is 0 Å². The summed E-state index contributed by atoms with van der Waals surface area (Å²) in [7, 11) is 0. The van der Waals surface area contributed by atoms with E-state index < -0.39 is 0 Å². The first kappa shape index (κ1) is 14.6. The monoisotopic (exact) mass is 286 g/mol. The van der Waals surface area contributed by atoms with E-state index in [0.717, 1.165) is 12.8 Å². The van der Waals surface area contributed by atoms with Crippen molar-refractivity contribution < 1.29 is 0 Å². The summed E-state index contributed by atoms with van der Waals surface area (Å²) in [5, 5.41) is 0. The van der Waals surface area contributed by atoms with Gasteiger partial charge in [0, 0.05) is 0 Å². The van der Waals surface area contributed by atoms with Crippen molar-refractivity contribution >= 4 is 0 Å². The van der Waals surface area contributed by atoms with Crippen LogP contribution in [0.15, 0.2) is 72.8 Å². The lowest BCUT2D eigenvalue weighted by molar-refractivity contribution is 1.13. The topological polar surface area (TPSA) is 0 Å². The number of aryl methyl sites for hydroxylation is 2. The summed E-state index contributed by atoms with van der Waals surface area (Å²) in [4.78, 5) is 0. The third-order valence-corrected chi connectivity index (χ3v) is 4.35. The second-order valence-corrected chi connectivity index (χ2v) is 5.77. The van der Waals surface area contributed by atoms with Crippen LogP contribution in [-0.2, 0) is 12.8 Å². The zero-order valence-electron chi connectivity index (χ0n) is 13.3. The second kappa shape index (κ2) is 6.62. The Hall–Kier alpha value is -2.34. The zero-order chi connectivity index (χ0) is 15.4. The van der Waals surface area contributed by atoms with E-state index in [2.05, 4.69) is 86.6 Å². The van der Waals surface area contributed by atoms with Crippen LogP contribution in [0.2, 0.25) is 0 Å². The van der Waals surface area contributed by atoms with Crippen molar-refractivity contribution in [3.05, 3.63) is 95.1 Å². The minimum absolute atomic E-state index is 0.987. The fourth-order valence-electron chi connectivity index (χ4n) is 3.04. The summed E-state index contributed by atoms with van der Waals surface area (Å²) >= 11 is 0. The summed E-state index contributed by atoms with van der Waals surface area (Å²) < 4.78 is 0. The molecule has 0 fully saturated rings. The van der Waals surface area contributed by atoms with E-state index in [-0.39, 0.29) is 0 Å². The van der Waals surface area contributed by atoms with Crippen molar-refractivity contribution in [3.63, 3.8) is 0 Å². The summed E-state index contributed by atoms with van der Waals surface area (Å²) in [6.07, 6.45) is 2.05. The van der Waals surface area contributed by atoms with E-state index in [0.29, 0.717) is 0 Å². The first-order valence-corrected chi connectivity index (χ1v) is 8.00. The van der Waals surface area contributed by atoms with Gasteiger partial charge in [-0.25, -0.2) is 0 Å². The lowest BCUT2D eigenvalue weighted by Crippen LogP contribution is -1.96. The van der Waals surface area contributed by atoms with Crippen molar-refractivity contribution in [1.82, 2.24) is 0 Å². The van der Waals surface area contributed by atoms with Gasteiger partial charge in [-0.1, -0.05) is 79.7 Å². The van der Waals surface area contributed by atoms with Gasteiger partial charge in [0.1, 0.15) is 0 Å². The highest BCUT2D eigenvalue weighted by Gasteiger charge is 2.09. The molecule has 0 unspecified atom stereocenters. The Morgan fingerprint density at radius 3 is 1.73 bits per heavy atom. The zero-order valence-corrected chi connectivity index (χ0v) is 13.3. The van der Waals surface area contributed by atoms with Crippen LogP contribution in [0.1, 0.15) is 29.2 Å². The van der Waals surface area contributed by atoms with Crippen molar-refractivity contribution in [3.8, 4) is 11.1 Å². The van der Waals surface area contributed by atoms with Gasteiger partial charge in [-0.2, -0.15) is 0 Å². The summed E-state index contributed by atoms with van der Waals surface area (Å²) in [5.41, 5.74) is 8.32. The third-order valence-electron chi connectivity index (χ3n) is 4.35. The number of hydrogen-bond acceptors (Lipinski definition) is 0. The molecule has 110 valence electrons. The maximum absolute atomic E-state index is 2.26. The standard InChI is InChI=1S/C22H22/c1-3-18-11-6-8-14-21(18)22-15-9-7-13-20(22)16-19-12-5-4-10-17(19)2/h4-15H,3,16H2,1-2H3. The molecule has 22 heavy (non-hydrogen) atoms. The van der Waals surface area contributed by atoms with Crippen molar-refractivity contribution in [2.24, 2.45) is 0 Å². The molecule has 0 N–H and O–H groups in total. The fourth-order valence-corrected chi connectivity index (χ4v) is 3.04. The van der Waals surface area contributed by atoms with Gasteiger partial charge in [-0.05, 0) is 53.1 Å². The molecule has 0 aliphatic carbocycles. The molecule has 0 bridgehead atoms. The average Bonchev–Trinajstić information content (AvgIpc) is 2.57. The maximum atomic E-state index is 2.26. The van der Waals surface area contributed by atoms with E-state index in [1.54, 1.807) is 0 Å². The molecule has 0 atom stereocenters. The van der Waals surface area contributed by atoms with Crippen LogP contribution >= 0.6 is 0 Å². The lowest BCUT2D eigenvalue weighted by atomic mass is 9.90. The Morgan fingerprint density at radius 1 is 0.591 bits per heavy atom. The average molecular weight is 286 g/mol. The summed E-state index contributed by atoms with van der Waals surface area (Å²) in [5.74, 6) is 0. The minimum Gasteiger partial charge on any atom is -0.0620 e. The first-order chi connectivity index (χ1) is 10.8. The summed E-state index contributed by atoms with van der Waals surface area (Å²) in [6.45, 7) is 4.42. The second-order valence-electron chi connectivity index (χ2n) is 5.77. The van der Waals surface area contributed by atoms with Crippen LogP contribution in [0.4, 0.5) is 0 Å². The largest absolute Gasteiger partial charge is 0.0620 e. The van der Waals surface area contributed by atoms with E-state index in [1.165, 1.54) is 33.4 Å². The first-order valence-electron chi connectivity index (χ1n) is 8.00. The van der Waals surface area contributed by atoms with Crippen molar-refractivity contribution in [1.29, 1.82) is 0 Å². The SMILES string of the molecule is CCc1ccccc1-c1ccccc1Cc1ccccc1C. The Morgan fingerprint density at radius 2 is 1.09 bits per heavy atom. The van der Waals surface area contributed by atoms with Crippen LogP contribution in [0.3, 0.4) is 0 Å². The summed E-state index contributed by atoms with van der Waals surface area (Å²) in [6, 6.07) is 26.2. The predicted octanol–water partition coefficient (Wildman–Crippen LogP) is 5.82. The van der Waals surface area contributed by atoms with Gasteiger partial charge in [0.2, 0.25) is 0 Å². The van der Waals surface area contributed by atoms with E-state index in [4.69, 9.17) is 0 Å². The van der Waals surface area contributed by atoms with Gasteiger partial charge in [0.25, 0.3) is 0 Å². The highest BCUT2D eigenvalue weighted by atomic mass is 14.1. The van der Waals surface area contributed by atoms with Crippen molar-refractivity contribution in [2.45, 2.75) is 26.7 Å². The molecule has 3 aromatic carbocycles. The Kier molecular flexibility index (Phi) is 4.39. The molecule has 0 heterocycles. The highest BCUT2D eigenvalue weighted by Crippen LogP contribution is 2.29. The predicted molar refractivity (Wildman–Crippen MR) is 95.2 cm³/mol. The minimum atomic E-state index is 0.987. The van der Waals surface area contributed by atoms with Crippen LogP contribution in [-0.4, -0.2) is 0 Å². The van der Waals surface area contributed by atoms with E-state index in [9.17, 15) is 0 Å². The molecule has 0 saturated carbocycles. The van der Waals surface area contributed by atoms with Gasteiger partial charge >= 0.3 is 0 Å². The third kappa shape index (κ3) is 2.96. The molecule has 0 aromatic heterocycles. The molecule has 0 heteroatoms. The number of hydrogen-bond donors (Lipinski definition) is 0. The molecular formula is C22H22. The maximum Gasteiger partial charge on any atom is -0.00170 e.